The summed E-state index contributed by atoms with van der Waals surface area (Å²) < 4.78 is 0. The summed E-state index contributed by atoms with van der Waals surface area (Å²) in [5.74, 6) is 0.695. The maximum absolute atomic E-state index is 4.43. The SMILES string of the molecule is CCNc1nccc(-c2ccc(C)s2)n1. The number of aromatic nitrogens is 2. The van der Waals surface area contributed by atoms with Gasteiger partial charge in [0.1, 0.15) is 0 Å². The Balaban J connectivity index is 2.32. The summed E-state index contributed by atoms with van der Waals surface area (Å²) in [4.78, 5) is 11.1. The van der Waals surface area contributed by atoms with Gasteiger partial charge in [-0.25, -0.2) is 9.97 Å². The fourth-order valence-corrected chi connectivity index (χ4v) is 2.15. The van der Waals surface area contributed by atoms with Crippen LogP contribution in [0.4, 0.5) is 5.95 Å². The molecular formula is C11H13N3S. The first-order valence-electron chi connectivity index (χ1n) is 4.93. The first kappa shape index (κ1) is 10.1. The molecule has 2 heterocycles. The normalized spacial score (nSPS) is 10.3. The summed E-state index contributed by atoms with van der Waals surface area (Å²) in [5.41, 5.74) is 0.985. The van der Waals surface area contributed by atoms with E-state index in [0.29, 0.717) is 5.95 Å². The lowest BCUT2D eigenvalue weighted by Gasteiger charge is -2.02. The molecule has 1 N–H and O–H groups in total. The van der Waals surface area contributed by atoms with E-state index in [0.717, 1.165) is 12.2 Å². The number of aryl methyl sites for hydroxylation is 1. The van der Waals surface area contributed by atoms with Crippen molar-refractivity contribution in [3.8, 4) is 10.6 Å². The van der Waals surface area contributed by atoms with Crippen LogP contribution in [0.15, 0.2) is 24.4 Å². The molecule has 0 aliphatic carbocycles. The highest BCUT2D eigenvalue weighted by Gasteiger charge is 2.03. The second-order valence-corrected chi connectivity index (χ2v) is 4.49. The van der Waals surface area contributed by atoms with E-state index < -0.39 is 0 Å². The van der Waals surface area contributed by atoms with Gasteiger partial charge in [0.15, 0.2) is 0 Å². The molecule has 0 radical (unpaired) electrons. The number of hydrogen-bond donors (Lipinski definition) is 1. The molecule has 0 atom stereocenters. The fraction of sp³-hybridized carbons (Fsp3) is 0.273. The Morgan fingerprint density at radius 1 is 1.33 bits per heavy atom. The van der Waals surface area contributed by atoms with Gasteiger partial charge >= 0.3 is 0 Å². The number of hydrogen-bond acceptors (Lipinski definition) is 4. The van der Waals surface area contributed by atoms with Crippen LogP contribution < -0.4 is 5.32 Å². The zero-order valence-electron chi connectivity index (χ0n) is 8.82. The largest absolute Gasteiger partial charge is 0.354 e. The molecule has 0 saturated heterocycles. The van der Waals surface area contributed by atoms with E-state index in [-0.39, 0.29) is 0 Å². The van der Waals surface area contributed by atoms with Gasteiger partial charge in [-0.05, 0) is 32.0 Å². The van der Waals surface area contributed by atoms with Crippen LogP contribution in [-0.2, 0) is 0 Å². The van der Waals surface area contributed by atoms with Crippen LogP contribution in [0.3, 0.4) is 0 Å². The summed E-state index contributed by atoms with van der Waals surface area (Å²) in [6.45, 7) is 4.97. The molecule has 15 heavy (non-hydrogen) atoms. The maximum Gasteiger partial charge on any atom is 0.223 e. The van der Waals surface area contributed by atoms with Crippen LogP contribution in [-0.4, -0.2) is 16.5 Å². The number of nitrogens with zero attached hydrogens (tertiary/aromatic N) is 2. The Labute approximate surface area is 93.2 Å². The standard InChI is InChI=1S/C11H13N3S/c1-3-12-11-13-7-6-9(14-11)10-5-4-8(2)15-10/h4-7H,3H2,1-2H3,(H,12,13,14). The molecule has 0 amide bonds. The van der Waals surface area contributed by atoms with Crippen molar-refractivity contribution < 1.29 is 0 Å². The van der Waals surface area contributed by atoms with E-state index in [1.54, 1.807) is 17.5 Å². The highest BCUT2D eigenvalue weighted by molar-refractivity contribution is 7.15. The molecule has 0 aromatic carbocycles. The van der Waals surface area contributed by atoms with Crippen molar-refractivity contribution in [3.63, 3.8) is 0 Å². The van der Waals surface area contributed by atoms with Crippen LogP contribution >= 0.6 is 11.3 Å². The summed E-state index contributed by atoms with van der Waals surface area (Å²) in [5, 5.41) is 3.11. The predicted octanol–water partition coefficient (Wildman–Crippen LogP) is 2.95. The maximum atomic E-state index is 4.43. The molecule has 0 spiro atoms. The van der Waals surface area contributed by atoms with Crippen LogP contribution in [0.5, 0.6) is 0 Å². The van der Waals surface area contributed by atoms with Crippen molar-refractivity contribution in [2.24, 2.45) is 0 Å². The zero-order chi connectivity index (χ0) is 10.7. The number of nitrogens with one attached hydrogen (secondary N) is 1. The fourth-order valence-electron chi connectivity index (χ4n) is 1.31. The quantitative estimate of drug-likeness (QED) is 0.862. The second-order valence-electron chi connectivity index (χ2n) is 3.21. The molecule has 2 rings (SSSR count). The molecule has 0 fully saturated rings. The van der Waals surface area contributed by atoms with Gasteiger partial charge in [-0.2, -0.15) is 0 Å². The van der Waals surface area contributed by atoms with Gasteiger partial charge in [0.25, 0.3) is 0 Å². The van der Waals surface area contributed by atoms with Gasteiger partial charge in [-0.1, -0.05) is 0 Å². The molecule has 0 aliphatic heterocycles. The van der Waals surface area contributed by atoms with E-state index in [9.17, 15) is 0 Å². The Morgan fingerprint density at radius 3 is 2.87 bits per heavy atom. The van der Waals surface area contributed by atoms with Gasteiger partial charge in [-0.15, -0.1) is 11.3 Å². The van der Waals surface area contributed by atoms with Crippen molar-refractivity contribution in [3.05, 3.63) is 29.3 Å². The molecule has 4 heteroatoms. The summed E-state index contributed by atoms with van der Waals surface area (Å²) in [6.07, 6.45) is 1.79. The molecular weight excluding hydrogens is 206 g/mol. The third-order valence-corrected chi connectivity index (χ3v) is 3.01. The topological polar surface area (TPSA) is 37.8 Å². The van der Waals surface area contributed by atoms with Crippen molar-refractivity contribution in [1.82, 2.24) is 9.97 Å². The van der Waals surface area contributed by atoms with Gasteiger partial charge in [0, 0.05) is 17.6 Å². The summed E-state index contributed by atoms with van der Waals surface area (Å²) >= 11 is 1.75. The first-order valence-corrected chi connectivity index (χ1v) is 5.75. The minimum atomic E-state index is 0.695. The third-order valence-electron chi connectivity index (χ3n) is 1.98. The Bertz CT molecular complexity index is 451. The third kappa shape index (κ3) is 2.33. The molecule has 0 saturated carbocycles. The highest BCUT2D eigenvalue weighted by atomic mass is 32.1. The van der Waals surface area contributed by atoms with Gasteiger partial charge in [0.2, 0.25) is 5.95 Å². The highest BCUT2D eigenvalue weighted by Crippen LogP contribution is 2.26. The smallest absolute Gasteiger partial charge is 0.223 e. The Kier molecular flexibility index (Phi) is 2.97. The van der Waals surface area contributed by atoms with Gasteiger partial charge in [-0.3, -0.25) is 0 Å². The number of anilines is 1. The van der Waals surface area contributed by atoms with E-state index in [2.05, 4.69) is 34.3 Å². The molecule has 0 bridgehead atoms. The monoisotopic (exact) mass is 219 g/mol. The molecule has 0 aliphatic rings. The lowest BCUT2D eigenvalue weighted by Crippen LogP contribution is -2.01. The van der Waals surface area contributed by atoms with Crippen molar-refractivity contribution in [1.29, 1.82) is 0 Å². The minimum Gasteiger partial charge on any atom is -0.354 e. The number of thiophene rings is 1. The molecule has 78 valence electrons. The first-order chi connectivity index (χ1) is 7.29. The number of rotatable bonds is 3. The van der Waals surface area contributed by atoms with Gasteiger partial charge < -0.3 is 5.32 Å². The Hall–Kier alpha value is -1.42. The average molecular weight is 219 g/mol. The predicted molar refractivity (Wildman–Crippen MR) is 64.2 cm³/mol. The van der Waals surface area contributed by atoms with E-state index >= 15 is 0 Å². The van der Waals surface area contributed by atoms with E-state index in [1.165, 1.54) is 9.75 Å². The van der Waals surface area contributed by atoms with E-state index in [1.807, 2.05) is 13.0 Å². The Morgan fingerprint density at radius 2 is 2.20 bits per heavy atom. The molecule has 0 unspecified atom stereocenters. The van der Waals surface area contributed by atoms with Crippen LogP contribution in [0.25, 0.3) is 10.6 Å². The van der Waals surface area contributed by atoms with Crippen LogP contribution in [0.1, 0.15) is 11.8 Å². The second kappa shape index (κ2) is 4.40. The zero-order valence-corrected chi connectivity index (χ0v) is 9.64. The molecule has 2 aromatic rings. The van der Waals surface area contributed by atoms with Crippen LogP contribution in [0.2, 0.25) is 0 Å². The molecule has 2 aromatic heterocycles. The lowest BCUT2D eigenvalue weighted by molar-refractivity contribution is 1.09. The lowest BCUT2D eigenvalue weighted by atomic mass is 10.3. The summed E-state index contributed by atoms with van der Waals surface area (Å²) in [7, 11) is 0. The summed E-state index contributed by atoms with van der Waals surface area (Å²) in [6, 6.07) is 6.14. The van der Waals surface area contributed by atoms with Crippen molar-refractivity contribution in [2.75, 3.05) is 11.9 Å². The minimum absolute atomic E-state index is 0.695. The average Bonchev–Trinajstić information content (AvgIpc) is 2.66. The molecule has 3 nitrogen and oxygen atoms in total. The van der Waals surface area contributed by atoms with Gasteiger partial charge in [0.05, 0.1) is 10.6 Å². The van der Waals surface area contributed by atoms with Crippen LogP contribution in [0, 0.1) is 6.92 Å². The van der Waals surface area contributed by atoms with Crippen molar-refractivity contribution in [2.45, 2.75) is 13.8 Å². The van der Waals surface area contributed by atoms with Crippen molar-refractivity contribution >= 4 is 17.3 Å². The van der Waals surface area contributed by atoms with E-state index in [4.69, 9.17) is 0 Å².